The molecule has 1 atom stereocenters. The Bertz CT molecular complexity index is 181. The lowest BCUT2D eigenvalue weighted by Crippen LogP contribution is -2.08. The molecule has 66 valence electrons. The third-order valence-corrected chi connectivity index (χ3v) is 2.13. The number of nitrogens with two attached hydrogens (primary N) is 1. The molecule has 1 unspecified atom stereocenters. The second-order valence-corrected chi connectivity index (χ2v) is 3.85. The van der Waals surface area contributed by atoms with Gasteiger partial charge in [0.1, 0.15) is 6.61 Å². The van der Waals surface area contributed by atoms with Gasteiger partial charge >= 0.3 is 7.60 Å². The molecular weight excluding hydrogens is 173 g/mol. The minimum atomic E-state index is -3.79. The predicted octanol–water partition coefficient (Wildman–Crippen LogP) is -0.986. The van der Waals surface area contributed by atoms with Crippen LogP contribution >= 0.6 is 7.60 Å². The molecule has 0 aliphatic carbocycles. The maximum atomic E-state index is 10.6. The van der Waals surface area contributed by atoms with Crippen molar-refractivity contribution in [1.82, 2.24) is 0 Å². The van der Waals surface area contributed by atoms with Crippen molar-refractivity contribution in [2.75, 3.05) is 12.8 Å². The fourth-order valence-electron chi connectivity index (χ4n) is 0.398. The first kappa shape index (κ1) is 10.7. The van der Waals surface area contributed by atoms with E-state index in [0.717, 1.165) is 0 Å². The van der Waals surface area contributed by atoms with Gasteiger partial charge in [0.2, 0.25) is 0 Å². The smallest absolute Gasteiger partial charge is 0.344 e. The Morgan fingerprint density at radius 1 is 1.64 bits per heavy atom. The van der Waals surface area contributed by atoms with Crippen molar-refractivity contribution < 1.29 is 24.0 Å². The Labute approximate surface area is 63.5 Å². The molecule has 7 heteroatoms. The lowest BCUT2D eigenvalue weighted by Gasteiger charge is -2.05. The predicted molar refractivity (Wildman–Crippen MR) is 36.7 cm³/mol. The van der Waals surface area contributed by atoms with Crippen LogP contribution in [-0.4, -0.2) is 28.6 Å². The Morgan fingerprint density at radius 3 is 2.55 bits per heavy atom. The Balaban J connectivity index is 3.70. The monoisotopic (exact) mass is 183 g/mol. The van der Waals surface area contributed by atoms with Crippen LogP contribution in [0.4, 0.5) is 0 Å². The maximum Gasteiger partial charge on any atom is 0.344 e. The molecule has 0 aliphatic rings. The molecule has 0 heterocycles. The molecule has 4 N–H and O–H groups in total. The molecule has 0 amide bonds. The first-order valence-corrected chi connectivity index (χ1v) is 4.61. The number of Topliss-reactive ketones (excluding diaryl/α,β-unsaturated/α-hetero) is 1. The second-order valence-electron chi connectivity index (χ2n) is 1.91. The zero-order chi connectivity index (χ0) is 8.91. The fraction of sp³-hybridized carbons (Fsp3) is 0.750. The van der Waals surface area contributed by atoms with Gasteiger partial charge in [0.25, 0.3) is 0 Å². The summed E-state index contributed by atoms with van der Waals surface area (Å²) in [6.07, 6.45) is -0.565. The van der Waals surface area contributed by atoms with E-state index < -0.39 is 20.0 Å². The van der Waals surface area contributed by atoms with Crippen LogP contribution in [0.1, 0.15) is 6.42 Å². The number of hydrogen-bond donors (Lipinski definition) is 3. The van der Waals surface area contributed by atoms with Gasteiger partial charge in [0.15, 0.2) is 5.78 Å². The van der Waals surface area contributed by atoms with Crippen LogP contribution in [0.2, 0.25) is 0 Å². The van der Waals surface area contributed by atoms with Crippen LogP contribution in [0.25, 0.3) is 0 Å². The van der Waals surface area contributed by atoms with Gasteiger partial charge < -0.3 is 10.00 Å². The topological polar surface area (TPSA) is 110 Å². The lowest BCUT2D eigenvalue weighted by atomic mass is 10.3. The Kier molecular flexibility index (Phi) is 4.48. The molecule has 0 spiro atoms. The quantitative estimate of drug-likeness (QED) is 0.373. The van der Waals surface area contributed by atoms with Crippen molar-refractivity contribution >= 4 is 13.4 Å². The summed E-state index contributed by atoms with van der Waals surface area (Å²) in [6, 6.07) is 0. The molecule has 0 bridgehead atoms. The lowest BCUT2D eigenvalue weighted by molar-refractivity contribution is -0.121. The number of ketones is 1. The molecular formula is C4H10NO5P. The van der Waals surface area contributed by atoms with Gasteiger partial charge in [-0.1, -0.05) is 0 Å². The van der Waals surface area contributed by atoms with Crippen LogP contribution in [-0.2, 0) is 14.0 Å². The molecule has 0 aromatic rings. The van der Waals surface area contributed by atoms with Crippen molar-refractivity contribution in [2.45, 2.75) is 6.42 Å². The summed E-state index contributed by atoms with van der Waals surface area (Å²) >= 11 is 0. The van der Waals surface area contributed by atoms with Gasteiger partial charge in [-0.05, 0) is 0 Å². The van der Waals surface area contributed by atoms with E-state index in [1.54, 1.807) is 0 Å². The second kappa shape index (κ2) is 4.58. The molecule has 0 radical (unpaired) electrons. The van der Waals surface area contributed by atoms with Crippen molar-refractivity contribution in [3.63, 3.8) is 0 Å². The largest absolute Gasteiger partial charge is 0.389 e. The first-order chi connectivity index (χ1) is 5.02. The molecule has 0 aliphatic heterocycles. The average Bonchev–Trinajstić information content (AvgIpc) is 2.00. The number of carbonyl (C=O) groups excluding carboxylic acids is 1. The van der Waals surface area contributed by atoms with Gasteiger partial charge in [-0.15, -0.1) is 0 Å². The van der Waals surface area contributed by atoms with Crippen molar-refractivity contribution in [2.24, 2.45) is 5.90 Å². The standard InChI is InChI=1S/C4H10NO5P/c5-10-11(8,9)2-1-4(7)3-6/h6H,1-3,5H2,(H,8,9). The molecule has 0 fully saturated rings. The van der Waals surface area contributed by atoms with E-state index in [-0.39, 0.29) is 12.6 Å². The number of aliphatic hydroxyl groups is 1. The summed E-state index contributed by atoms with van der Waals surface area (Å²) in [4.78, 5) is 19.0. The third-order valence-electron chi connectivity index (χ3n) is 1.01. The summed E-state index contributed by atoms with van der Waals surface area (Å²) in [5.74, 6) is 3.93. The van der Waals surface area contributed by atoms with Crippen LogP contribution in [0, 0.1) is 0 Å². The normalized spacial score (nSPS) is 15.9. The van der Waals surface area contributed by atoms with Gasteiger partial charge in [0.05, 0.1) is 6.16 Å². The van der Waals surface area contributed by atoms with Gasteiger partial charge in [-0.3, -0.25) is 9.36 Å². The van der Waals surface area contributed by atoms with E-state index in [4.69, 9.17) is 10.00 Å². The minimum absolute atomic E-state index is 0.207. The Hall–Kier alpha value is -0.260. The first-order valence-electron chi connectivity index (χ1n) is 2.84. The summed E-state index contributed by atoms with van der Waals surface area (Å²) < 4.78 is 14.3. The zero-order valence-electron chi connectivity index (χ0n) is 5.77. The maximum absolute atomic E-state index is 10.6. The summed E-state index contributed by atoms with van der Waals surface area (Å²) in [5.41, 5.74) is 0. The number of hydrogen-bond acceptors (Lipinski definition) is 5. The van der Waals surface area contributed by atoms with Gasteiger partial charge in [0, 0.05) is 6.42 Å². The minimum Gasteiger partial charge on any atom is -0.389 e. The molecule has 6 nitrogen and oxygen atoms in total. The SMILES string of the molecule is NOP(=O)(O)CCC(=O)CO. The third kappa shape index (κ3) is 5.06. The van der Waals surface area contributed by atoms with Gasteiger partial charge in [-0.25, -0.2) is 10.5 Å². The van der Waals surface area contributed by atoms with E-state index in [1.165, 1.54) is 0 Å². The summed E-state index contributed by atoms with van der Waals surface area (Å²) in [6.45, 7) is -0.634. The van der Waals surface area contributed by atoms with Crippen molar-refractivity contribution in [3.05, 3.63) is 0 Å². The van der Waals surface area contributed by atoms with E-state index in [2.05, 4.69) is 10.5 Å². The molecule has 0 aromatic carbocycles. The van der Waals surface area contributed by atoms with E-state index in [0.29, 0.717) is 0 Å². The number of aliphatic hydroxyl groups excluding tert-OH is 1. The Morgan fingerprint density at radius 2 is 2.18 bits per heavy atom. The summed E-state index contributed by atoms with van der Waals surface area (Å²) in [7, 11) is -3.79. The summed E-state index contributed by atoms with van der Waals surface area (Å²) in [5, 5.41) is 8.21. The molecule has 0 saturated heterocycles. The van der Waals surface area contributed by atoms with Crippen LogP contribution in [0.5, 0.6) is 0 Å². The number of carbonyl (C=O) groups is 1. The van der Waals surface area contributed by atoms with Gasteiger partial charge in [-0.2, -0.15) is 0 Å². The van der Waals surface area contributed by atoms with Crippen molar-refractivity contribution in [1.29, 1.82) is 0 Å². The average molecular weight is 183 g/mol. The van der Waals surface area contributed by atoms with E-state index in [9.17, 15) is 9.36 Å². The number of rotatable bonds is 5. The van der Waals surface area contributed by atoms with Crippen LogP contribution < -0.4 is 5.90 Å². The molecule has 0 aromatic heterocycles. The van der Waals surface area contributed by atoms with E-state index in [1.807, 2.05) is 0 Å². The zero-order valence-corrected chi connectivity index (χ0v) is 6.66. The fourth-order valence-corrected chi connectivity index (χ4v) is 1.04. The highest BCUT2D eigenvalue weighted by Gasteiger charge is 2.18. The van der Waals surface area contributed by atoms with E-state index >= 15 is 0 Å². The highest BCUT2D eigenvalue weighted by atomic mass is 31.2. The van der Waals surface area contributed by atoms with Crippen molar-refractivity contribution in [3.8, 4) is 0 Å². The highest BCUT2D eigenvalue weighted by Crippen LogP contribution is 2.39. The highest BCUT2D eigenvalue weighted by molar-refractivity contribution is 7.52. The molecule has 0 saturated carbocycles. The molecule has 11 heavy (non-hydrogen) atoms. The van der Waals surface area contributed by atoms with Crippen LogP contribution in [0.3, 0.4) is 0 Å². The van der Waals surface area contributed by atoms with Crippen LogP contribution in [0.15, 0.2) is 0 Å². The molecule has 0 rings (SSSR count).